The van der Waals surface area contributed by atoms with Gasteiger partial charge < -0.3 is 5.32 Å². The second-order valence-electron chi connectivity index (χ2n) is 5.73. The number of rotatable bonds is 4. The quantitative estimate of drug-likeness (QED) is 0.540. The molecular weight excluding hydrogens is 384 g/mol. The van der Waals surface area contributed by atoms with Crippen LogP contribution in [-0.4, -0.2) is 35.4 Å². The summed E-state index contributed by atoms with van der Waals surface area (Å²) in [4.78, 5) is 11.3. The number of carbonyl (C=O) groups excluding carboxylic acids is 1. The van der Waals surface area contributed by atoms with Gasteiger partial charge in [-0.3, -0.25) is 4.79 Å². The van der Waals surface area contributed by atoms with Crippen LogP contribution < -0.4 is 5.32 Å². The van der Waals surface area contributed by atoms with Crippen molar-refractivity contribution in [1.82, 2.24) is 9.29 Å². The van der Waals surface area contributed by atoms with E-state index in [0.29, 0.717) is 16.4 Å². The van der Waals surface area contributed by atoms with Crippen molar-refractivity contribution in [3.63, 3.8) is 0 Å². The van der Waals surface area contributed by atoms with Gasteiger partial charge in [0.1, 0.15) is 0 Å². The second kappa shape index (κ2) is 7.01. The van der Waals surface area contributed by atoms with E-state index in [1.165, 1.54) is 15.7 Å². The van der Waals surface area contributed by atoms with Gasteiger partial charge in [-0.15, -0.1) is 5.10 Å². The molecule has 0 spiro atoms. The molecule has 2 aromatic carbocycles. The third kappa shape index (κ3) is 3.51. The van der Waals surface area contributed by atoms with Crippen LogP contribution in [0.2, 0.25) is 0 Å². The minimum absolute atomic E-state index is 0.0867. The summed E-state index contributed by atoms with van der Waals surface area (Å²) < 4.78 is 26.9. The van der Waals surface area contributed by atoms with E-state index in [9.17, 15) is 13.2 Å². The first kappa shape index (κ1) is 17.5. The number of hydrogen-bond acceptors (Lipinski definition) is 6. The minimum Gasteiger partial charge on any atom is -0.303 e. The van der Waals surface area contributed by atoms with Gasteiger partial charge in [0.25, 0.3) is 10.0 Å². The lowest BCUT2D eigenvalue weighted by molar-refractivity contribution is -0.116. The number of amides is 1. The summed E-state index contributed by atoms with van der Waals surface area (Å²) in [5.74, 6) is 0.264. The van der Waals surface area contributed by atoms with E-state index in [-0.39, 0.29) is 10.8 Å². The summed E-state index contributed by atoms with van der Waals surface area (Å²) in [5.41, 5.74) is 1.36. The Labute approximate surface area is 159 Å². The number of thioether (sulfide) groups is 1. The van der Waals surface area contributed by atoms with E-state index in [0.717, 1.165) is 10.9 Å². The summed E-state index contributed by atoms with van der Waals surface area (Å²) in [7, 11) is -3.65. The molecule has 1 aliphatic heterocycles. The monoisotopic (exact) mass is 398 g/mol. The number of carbonyl (C=O) groups is 1. The molecule has 27 heavy (non-hydrogen) atoms. The maximum atomic E-state index is 12.8. The lowest BCUT2D eigenvalue weighted by atomic mass is 10.2. The Kier molecular flexibility index (Phi) is 4.54. The molecule has 1 N–H and O–H groups in total. The summed E-state index contributed by atoms with van der Waals surface area (Å²) in [5, 5.41) is 11.8. The van der Waals surface area contributed by atoms with E-state index in [1.54, 1.807) is 60.9 Å². The lowest BCUT2D eigenvalue weighted by Gasteiger charge is -2.07. The fourth-order valence-electron chi connectivity index (χ4n) is 2.66. The number of hydrogen-bond donors (Lipinski definition) is 1. The standard InChI is InChI=1S/C18H14N4O3S2/c23-17-12-26-18(20-17)21-19-11-13-6-7-16-14(10-13)8-9-22(16)27(24,25)15-4-2-1-3-5-15/h1-11H,12H2,(H,20,21,23). The molecule has 1 amide bonds. The molecule has 1 aliphatic rings. The van der Waals surface area contributed by atoms with Gasteiger partial charge in [-0.05, 0) is 35.9 Å². The van der Waals surface area contributed by atoms with E-state index in [4.69, 9.17) is 0 Å². The van der Waals surface area contributed by atoms with E-state index in [2.05, 4.69) is 15.5 Å². The molecule has 7 nitrogen and oxygen atoms in total. The van der Waals surface area contributed by atoms with Crippen LogP contribution in [0.4, 0.5) is 0 Å². The normalized spacial score (nSPS) is 16.4. The van der Waals surface area contributed by atoms with Gasteiger partial charge >= 0.3 is 0 Å². The predicted molar refractivity (Wildman–Crippen MR) is 107 cm³/mol. The van der Waals surface area contributed by atoms with Crippen molar-refractivity contribution in [1.29, 1.82) is 0 Å². The Morgan fingerprint density at radius 2 is 1.93 bits per heavy atom. The van der Waals surface area contributed by atoms with Gasteiger partial charge in [0.15, 0.2) is 5.17 Å². The molecule has 0 unspecified atom stereocenters. The fraction of sp³-hybridized carbons (Fsp3) is 0.0556. The van der Waals surface area contributed by atoms with Crippen molar-refractivity contribution in [3.8, 4) is 0 Å². The van der Waals surface area contributed by atoms with Crippen LogP contribution in [0.15, 0.2) is 75.9 Å². The highest BCUT2D eigenvalue weighted by Crippen LogP contribution is 2.23. The maximum absolute atomic E-state index is 12.8. The molecule has 0 saturated carbocycles. The third-order valence-corrected chi connectivity index (χ3v) is 6.49. The molecule has 0 bridgehead atoms. The fourth-order valence-corrected chi connectivity index (χ4v) is 4.66. The van der Waals surface area contributed by atoms with Crippen LogP contribution in [-0.2, 0) is 14.8 Å². The molecule has 1 fully saturated rings. The van der Waals surface area contributed by atoms with Gasteiger partial charge in [0.05, 0.1) is 22.4 Å². The number of nitrogens with one attached hydrogen (secondary N) is 1. The molecular formula is C18H14N4O3S2. The Morgan fingerprint density at radius 1 is 1.11 bits per heavy atom. The Hall–Kier alpha value is -2.91. The highest BCUT2D eigenvalue weighted by molar-refractivity contribution is 8.15. The Morgan fingerprint density at radius 3 is 2.67 bits per heavy atom. The van der Waals surface area contributed by atoms with Gasteiger partial charge in [0, 0.05) is 11.6 Å². The van der Waals surface area contributed by atoms with Crippen molar-refractivity contribution in [3.05, 3.63) is 66.4 Å². The predicted octanol–water partition coefficient (Wildman–Crippen LogP) is 2.43. The van der Waals surface area contributed by atoms with Gasteiger partial charge in [-0.1, -0.05) is 36.0 Å². The highest BCUT2D eigenvalue weighted by atomic mass is 32.2. The third-order valence-electron chi connectivity index (χ3n) is 3.92. The number of fused-ring (bicyclic) bond motifs is 1. The summed E-state index contributed by atoms with van der Waals surface area (Å²) in [6.45, 7) is 0. The first-order valence-electron chi connectivity index (χ1n) is 7.99. The Bertz CT molecular complexity index is 1180. The van der Waals surface area contributed by atoms with E-state index >= 15 is 0 Å². The van der Waals surface area contributed by atoms with Crippen LogP contribution in [0, 0.1) is 0 Å². The molecule has 2 heterocycles. The zero-order chi connectivity index (χ0) is 18.9. The SMILES string of the molecule is O=C1CSC(=NN=Cc2ccc3c(ccn3S(=O)(=O)c3ccccc3)c2)N1. The lowest BCUT2D eigenvalue weighted by Crippen LogP contribution is -2.19. The van der Waals surface area contributed by atoms with Gasteiger partial charge in [0.2, 0.25) is 5.91 Å². The zero-order valence-electron chi connectivity index (χ0n) is 13.9. The Balaban J connectivity index is 1.63. The first-order valence-corrected chi connectivity index (χ1v) is 10.4. The number of aromatic nitrogens is 1. The number of nitrogens with zero attached hydrogens (tertiary/aromatic N) is 3. The van der Waals surface area contributed by atoms with Crippen LogP contribution in [0.1, 0.15) is 5.56 Å². The topological polar surface area (TPSA) is 92.9 Å². The summed E-state index contributed by atoms with van der Waals surface area (Å²) in [6, 6.07) is 15.4. The van der Waals surface area contributed by atoms with Crippen molar-refractivity contribution < 1.29 is 13.2 Å². The highest BCUT2D eigenvalue weighted by Gasteiger charge is 2.18. The molecule has 1 aromatic heterocycles. The largest absolute Gasteiger partial charge is 0.303 e. The second-order valence-corrected chi connectivity index (χ2v) is 8.51. The van der Waals surface area contributed by atoms with Crippen LogP contribution in [0.25, 0.3) is 10.9 Å². The summed E-state index contributed by atoms with van der Waals surface area (Å²) in [6.07, 6.45) is 3.10. The number of benzene rings is 2. The maximum Gasteiger partial charge on any atom is 0.268 e. The molecule has 0 aliphatic carbocycles. The van der Waals surface area contributed by atoms with Crippen molar-refractivity contribution >= 4 is 50.0 Å². The van der Waals surface area contributed by atoms with Crippen molar-refractivity contribution in [2.45, 2.75) is 4.90 Å². The zero-order valence-corrected chi connectivity index (χ0v) is 15.6. The first-order chi connectivity index (χ1) is 13.0. The average molecular weight is 398 g/mol. The summed E-state index contributed by atoms with van der Waals surface area (Å²) >= 11 is 1.30. The molecule has 4 rings (SSSR count). The van der Waals surface area contributed by atoms with E-state index in [1.807, 2.05) is 6.07 Å². The van der Waals surface area contributed by atoms with Gasteiger partial charge in [-0.25, -0.2) is 12.4 Å². The number of amidine groups is 1. The van der Waals surface area contributed by atoms with Gasteiger partial charge in [-0.2, -0.15) is 5.10 Å². The van der Waals surface area contributed by atoms with Crippen LogP contribution in [0.5, 0.6) is 0 Å². The van der Waals surface area contributed by atoms with Crippen LogP contribution in [0.3, 0.4) is 0 Å². The molecule has 0 radical (unpaired) electrons. The van der Waals surface area contributed by atoms with Crippen molar-refractivity contribution in [2.24, 2.45) is 10.2 Å². The average Bonchev–Trinajstić information content (AvgIpc) is 3.28. The molecule has 136 valence electrons. The molecule has 0 atom stereocenters. The molecule has 3 aromatic rings. The van der Waals surface area contributed by atoms with Crippen LogP contribution >= 0.6 is 11.8 Å². The van der Waals surface area contributed by atoms with E-state index < -0.39 is 10.0 Å². The molecule has 9 heteroatoms. The van der Waals surface area contributed by atoms with Crippen molar-refractivity contribution in [2.75, 3.05) is 5.75 Å². The molecule has 1 saturated heterocycles. The minimum atomic E-state index is -3.65. The smallest absolute Gasteiger partial charge is 0.268 e.